The Morgan fingerprint density at radius 2 is 1.74 bits per heavy atom. The molecule has 0 saturated heterocycles. The first kappa shape index (κ1) is 26.0. The molecule has 1 aromatic heterocycles. The van der Waals surface area contributed by atoms with E-state index >= 15 is 0 Å². The number of phenolic OH excluding ortho intramolecular Hbond substituents is 1. The molecule has 1 heterocycles. The molecule has 0 radical (unpaired) electrons. The number of nitrogens with one attached hydrogen (secondary N) is 1. The van der Waals surface area contributed by atoms with E-state index in [0.717, 1.165) is 17.7 Å². The molecule has 10 heteroatoms. The normalized spacial score (nSPS) is 11.5. The van der Waals surface area contributed by atoms with Crippen LogP contribution in [0.15, 0.2) is 79.0 Å². The number of hydrogen-bond donors (Lipinski definition) is 3. The summed E-state index contributed by atoms with van der Waals surface area (Å²) in [5.74, 6) is -0.666. The van der Waals surface area contributed by atoms with Crippen LogP contribution in [0.2, 0.25) is 5.02 Å². The third-order valence-electron chi connectivity index (χ3n) is 6.23. The van der Waals surface area contributed by atoms with Crippen molar-refractivity contribution >= 4 is 40.0 Å². The SMILES string of the molecule is Cc1ccc(C(=O)Nc2cccc(C(F)(F)F)c2)cc1-c1cc2cnc(N)nc2c(-c2ccc(Cl)cc2)c1O. The van der Waals surface area contributed by atoms with Gasteiger partial charge in [-0.05, 0) is 72.1 Å². The molecule has 39 heavy (non-hydrogen) atoms. The highest BCUT2D eigenvalue weighted by atomic mass is 35.5. The predicted octanol–water partition coefficient (Wildman–Crippen LogP) is 7.48. The molecule has 0 bridgehead atoms. The molecular formula is C29H20ClF3N4O2. The Bertz CT molecular complexity index is 1740. The minimum absolute atomic E-state index is 0.00487. The van der Waals surface area contributed by atoms with Crippen LogP contribution in [0.3, 0.4) is 0 Å². The van der Waals surface area contributed by atoms with Gasteiger partial charge in [-0.25, -0.2) is 9.97 Å². The molecule has 1 amide bonds. The lowest BCUT2D eigenvalue weighted by molar-refractivity contribution is -0.137. The van der Waals surface area contributed by atoms with Crippen LogP contribution in [0.5, 0.6) is 5.75 Å². The average Bonchev–Trinajstić information content (AvgIpc) is 2.89. The zero-order valence-electron chi connectivity index (χ0n) is 20.3. The van der Waals surface area contributed by atoms with Gasteiger partial charge in [0.2, 0.25) is 5.95 Å². The van der Waals surface area contributed by atoms with Gasteiger partial charge in [0.1, 0.15) is 5.75 Å². The highest BCUT2D eigenvalue weighted by Crippen LogP contribution is 2.44. The molecule has 0 fully saturated rings. The van der Waals surface area contributed by atoms with Gasteiger partial charge in [0.05, 0.1) is 16.6 Å². The van der Waals surface area contributed by atoms with Crippen molar-refractivity contribution in [2.24, 2.45) is 0 Å². The van der Waals surface area contributed by atoms with E-state index < -0.39 is 17.6 Å². The van der Waals surface area contributed by atoms with Crippen molar-refractivity contribution in [2.75, 3.05) is 11.1 Å². The van der Waals surface area contributed by atoms with Gasteiger partial charge in [-0.3, -0.25) is 4.79 Å². The molecule has 5 rings (SSSR count). The smallest absolute Gasteiger partial charge is 0.416 e. The lowest BCUT2D eigenvalue weighted by Gasteiger charge is -2.16. The third kappa shape index (κ3) is 5.21. The number of aryl methyl sites for hydroxylation is 1. The topological polar surface area (TPSA) is 101 Å². The summed E-state index contributed by atoms with van der Waals surface area (Å²) in [6.07, 6.45) is -3.00. The van der Waals surface area contributed by atoms with Gasteiger partial charge in [-0.15, -0.1) is 0 Å². The number of aromatic hydroxyl groups is 1. The maximum atomic E-state index is 13.1. The fraction of sp³-hybridized carbons (Fsp3) is 0.0690. The molecule has 0 atom stereocenters. The molecule has 6 nitrogen and oxygen atoms in total. The minimum Gasteiger partial charge on any atom is -0.507 e. The fourth-order valence-corrected chi connectivity index (χ4v) is 4.43. The number of alkyl halides is 3. The van der Waals surface area contributed by atoms with E-state index in [4.69, 9.17) is 17.3 Å². The van der Waals surface area contributed by atoms with Crippen LogP contribution < -0.4 is 11.1 Å². The summed E-state index contributed by atoms with van der Waals surface area (Å²) in [5.41, 5.74) is 8.33. The van der Waals surface area contributed by atoms with Crippen LogP contribution in [-0.4, -0.2) is 21.0 Å². The number of anilines is 2. The molecule has 4 aromatic carbocycles. The summed E-state index contributed by atoms with van der Waals surface area (Å²) < 4.78 is 39.3. The predicted molar refractivity (Wildman–Crippen MR) is 146 cm³/mol. The average molecular weight is 549 g/mol. The Kier molecular flexibility index (Phi) is 6.61. The van der Waals surface area contributed by atoms with Crippen LogP contribution in [0.25, 0.3) is 33.2 Å². The van der Waals surface area contributed by atoms with Crippen LogP contribution in [0.1, 0.15) is 21.5 Å². The van der Waals surface area contributed by atoms with Gasteiger partial charge in [0.15, 0.2) is 0 Å². The van der Waals surface area contributed by atoms with Gasteiger partial charge in [0, 0.05) is 33.4 Å². The van der Waals surface area contributed by atoms with Crippen molar-refractivity contribution in [3.8, 4) is 28.0 Å². The minimum atomic E-state index is -4.54. The van der Waals surface area contributed by atoms with Crippen molar-refractivity contribution in [3.05, 3.63) is 101 Å². The van der Waals surface area contributed by atoms with Crippen molar-refractivity contribution in [1.82, 2.24) is 9.97 Å². The van der Waals surface area contributed by atoms with Gasteiger partial charge in [0.25, 0.3) is 5.91 Å². The number of phenols is 1. The second-order valence-corrected chi connectivity index (χ2v) is 9.32. The Hall–Kier alpha value is -4.63. The molecule has 0 aliphatic carbocycles. The summed E-state index contributed by atoms with van der Waals surface area (Å²) in [6.45, 7) is 1.81. The summed E-state index contributed by atoms with van der Waals surface area (Å²) in [7, 11) is 0. The van der Waals surface area contributed by atoms with Crippen LogP contribution >= 0.6 is 11.6 Å². The number of fused-ring (bicyclic) bond motifs is 1. The van der Waals surface area contributed by atoms with E-state index in [0.29, 0.717) is 38.2 Å². The molecular weight excluding hydrogens is 529 g/mol. The summed E-state index contributed by atoms with van der Waals surface area (Å²) in [6, 6.07) is 17.8. The van der Waals surface area contributed by atoms with Crippen LogP contribution in [0, 0.1) is 6.92 Å². The van der Waals surface area contributed by atoms with Gasteiger partial charge < -0.3 is 16.2 Å². The van der Waals surface area contributed by atoms with E-state index in [1.54, 1.807) is 54.7 Å². The summed E-state index contributed by atoms with van der Waals surface area (Å²) >= 11 is 6.06. The highest BCUT2D eigenvalue weighted by molar-refractivity contribution is 6.30. The first-order chi connectivity index (χ1) is 18.5. The maximum Gasteiger partial charge on any atom is 0.416 e. The van der Waals surface area contributed by atoms with Gasteiger partial charge in [-0.1, -0.05) is 35.9 Å². The Labute approximate surface area is 225 Å². The van der Waals surface area contributed by atoms with Crippen molar-refractivity contribution < 1.29 is 23.1 Å². The number of nitrogen functional groups attached to an aromatic ring is 1. The second-order valence-electron chi connectivity index (χ2n) is 8.88. The fourth-order valence-electron chi connectivity index (χ4n) is 4.31. The van der Waals surface area contributed by atoms with E-state index in [-0.39, 0.29) is 22.9 Å². The number of amides is 1. The van der Waals surface area contributed by atoms with Gasteiger partial charge in [-0.2, -0.15) is 13.2 Å². The third-order valence-corrected chi connectivity index (χ3v) is 6.49. The first-order valence-corrected chi connectivity index (χ1v) is 12.0. The molecule has 0 aliphatic heterocycles. The maximum absolute atomic E-state index is 13.1. The molecule has 0 aliphatic rings. The molecule has 0 unspecified atom stereocenters. The Balaban J connectivity index is 1.61. The van der Waals surface area contributed by atoms with E-state index in [1.165, 1.54) is 12.1 Å². The molecule has 4 N–H and O–H groups in total. The van der Waals surface area contributed by atoms with Gasteiger partial charge >= 0.3 is 6.18 Å². The number of benzene rings is 4. The largest absolute Gasteiger partial charge is 0.507 e. The van der Waals surface area contributed by atoms with Crippen molar-refractivity contribution in [1.29, 1.82) is 0 Å². The lowest BCUT2D eigenvalue weighted by Crippen LogP contribution is -2.13. The monoisotopic (exact) mass is 548 g/mol. The van der Waals surface area contributed by atoms with E-state index in [1.807, 2.05) is 6.92 Å². The zero-order chi connectivity index (χ0) is 27.9. The summed E-state index contributed by atoms with van der Waals surface area (Å²) in [4.78, 5) is 21.4. The number of rotatable bonds is 4. The number of hydrogen-bond acceptors (Lipinski definition) is 5. The molecule has 0 saturated carbocycles. The Morgan fingerprint density at radius 1 is 1.00 bits per heavy atom. The van der Waals surface area contributed by atoms with Crippen LogP contribution in [-0.2, 0) is 6.18 Å². The number of carbonyl (C=O) groups excluding carboxylic acids is 1. The molecule has 5 aromatic rings. The van der Waals surface area contributed by atoms with Crippen LogP contribution in [0.4, 0.5) is 24.8 Å². The van der Waals surface area contributed by atoms with Crippen molar-refractivity contribution in [2.45, 2.75) is 13.1 Å². The molecule has 0 spiro atoms. The van der Waals surface area contributed by atoms with E-state index in [9.17, 15) is 23.1 Å². The van der Waals surface area contributed by atoms with Crippen molar-refractivity contribution in [3.63, 3.8) is 0 Å². The number of nitrogens with two attached hydrogens (primary N) is 1. The number of aromatic nitrogens is 2. The summed E-state index contributed by atoms with van der Waals surface area (Å²) in [5, 5.41) is 15.1. The quantitative estimate of drug-likeness (QED) is 0.216. The Morgan fingerprint density at radius 3 is 2.46 bits per heavy atom. The lowest BCUT2D eigenvalue weighted by atomic mass is 9.91. The zero-order valence-corrected chi connectivity index (χ0v) is 21.1. The first-order valence-electron chi connectivity index (χ1n) is 11.6. The highest BCUT2D eigenvalue weighted by Gasteiger charge is 2.30. The van der Waals surface area contributed by atoms with E-state index in [2.05, 4.69) is 15.3 Å². The second kappa shape index (κ2) is 9.92. The number of carbonyl (C=O) groups is 1. The number of nitrogens with zero attached hydrogens (tertiary/aromatic N) is 2. The molecule has 196 valence electrons. The standard InChI is InChI=1S/C29H20ClF3N4O2/c1-15-5-6-17(27(39)36-21-4-2-3-19(13-21)29(31,32)33)11-22(15)23-12-18-14-35-28(34)37-25(18)24(26(23)38)16-7-9-20(30)10-8-16/h2-14,38H,1H3,(H,36,39)(H2,34,35,37). The number of halogens is 4.